The fraction of sp³-hybridized carbons (Fsp3) is 0.583. The molecule has 0 amide bonds. The number of nitrogens with two attached hydrogens (primary N) is 2. The summed E-state index contributed by atoms with van der Waals surface area (Å²) in [5.74, 6) is 0.617. The average Bonchev–Trinajstić information content (AvgIpc) is 2.91. The minimum atomic E-state index is -0.489. The first-order chi connectivity index (χ1) is 9.56. The molecular formula is C12H16N6O2. The fourth-order valence-electron chi connectivity index (χ4n) is 3.67. The first-order valence-electron chi connectivity index (χ1n) is 6.61. The van der Waals surface area contributed by atoms with E-state index in [0.29, 0.717) is 17.6 Å². The summed E-state index contributed by atoms with van der Waals surface area (Å²) in [6.07, 6.45) is 2.58. The predicted octanol–water partition coefficient (Wildman–Crippen LogP) is -0.705. The number of anilines is 2. The molecule has 2 saturated carbocycles. The Balaban J connectivity index is 1.81. The predicted molar refractivity (Wildman–Crippen MR) is 71.4 cm³/mol. The van der Waals surface area contributed by atoms with Crippen molar-refractivity contribution >= 4 is 22.9 Å². The highest BCUT2D eigenvalue weighted by Crippen LogP contribution is 2.67. The summed E-state index contributed by atoms with van der Waals surface area (Å²) < 4.78 is 1.90. The maximum Gasteiger partial charge on any atom is 0.224 e. The number of aliphatic hydroxyl groups is 2. The minimum Gasteiger partial charge on any atom is -0.396 e. The highest BCUT2D eigenvalue weighted by molar-refractivity contribution is 5.82. The van der Waals surface area contributed by atoms with Gasteiger partial charge in [0.25, 0.3) is 0 Å². The molecule has 2 aromatic rings. The van der Waals surface area contributed by atoms with Crippen LogP contribution in [0, 0.1) is 11.3 Å². The summed E-state index contributed by atoms with van der Waals surface area (Å²) in [4.78, 5) is 12.3. The first-order valence-corrected chi connectivity index (χ1v) is 6.61. The van der Waals surface area contributed by atoms with E-state index in [4.69, 9.17) is 11.5 Å². The summed E-state index contributed by atoms with van der Waals surface area (Å²) in [5.41, 5.74) is 12.2. The summed E-state index contributed by atoms with van der Waals surface area (Å²) in [5, 5.41) is 19.7. The highest BCUT2D eigenvalue weighted by atomic mass is 16.3. The van der Waals surface area contributed by atoms with Crippen molar-refractivity contribution in [3.8, 4) is 0 Å². The van der Waals surface area contributed by atoms with E-state index in [0.717, 1.165) is 6.42 Å². The lowest BCUT2D eigenvalue weighted by Gasteiger charge is -2.16. The van der Waals surface area contributed by atoms with Gasteiger partial charge in [-0.15, -0.1) is 0 Å². The molecule has 0 saturated heterocycles. The van der Waals surface area contributed by atoms with Crippen LogP contribution in [0.25, 0.3) is 11.2 Å². The van der Waals surface area contributed by atoms with Crippen LogP contribution in [0.2, 0.25) is 0 Å². The molecule has 0 bridgehead atoms. The molecule has 0 spiro atoms. The second-order valence-corrected chi connectivity index (χ2v) is 5.81. The molecule has 0 aromatic carbocycles. The molecule has 8 heteroatoms. The molecule has 2 heterocycles. The number of aliphatic hydroxyl groups excluding tert-OH is 2. The third kappa shape index (κ3) is 1.30. The van der Waals surface area contributed by atoms with Crippen LogP contribution in [0.15, 0.2) is 6.33 Å². The molecule has 0 aliphatic heterocycles. The van der Waals surface area contributed by atoms with E-state index in [1.807, 2.05) is 4.57 Å². The summed E-state index contributed by atoms with van der Waals surface area (Å²) in [6, 6.07) is 0.0656. The second kappa shape index (κ2) is 3.58. The maximum absolute atomic E-state index is 10.2. The van der Waals surface area contributed by atoms with Gasteiger partial charge >= 0.3 is 0 Å². The van der Waals surface area contributed by atoms with E-state index >= 15 is 0 Å². The van der Waals surface area contributed by atoms with Crippen LogP contribution in [0.3, 0.4) is 0 Å². The van der Waals surface area contributed by atoms with Gasteiger partial charge in [-0.1, -0.05) is 0 Å². The van der Waals surface area contributed by atoms with Gasteiger partial charge in [-0.3, -0.25) is 0 Å². The van der Waals surface area contributed by atoms with E-state index in [9.17, 15) is 10.2 Å². The zero-order valence-electron chi connectivity index (χ0n) is 10.8. The van der Waals surface area contributed by atoms with E-state index in [2.05, 4.69) is 15.0 Å². The Bertz CT molecular complexity index is 701. The molecule has 106 valence electrons. The molecule has 4 unspecified atom stereocenters. The Morgan fingerprint density at radius 3 is 2.85 bits per heavy atom. The van der Waals surface area contributed by atoms with E-state index in [-0.39, 0.29) is 35.7 Å². The van der Waals surface area contributed by atoms with E-state index < -0.39 is 6.10 Å². The lowest BCUT2D eigenvalue weighted by Crippen LogP contribution is -2.22. The average molecular weight is 276 g/mol. The first kappa shape index (κ1) is 11.9. The number of aromatic nitrogens is 4. The molecule has 2 aromatic heterocycles. The van der Waals surface area contributed by atoms with E-state index in [1.54, 1.807) is 6.33 Å². The van der Waals surface area contributed by atoms with Gasteiger partial charge in [-0.2, -0.15) is 9.97 Å². The van der Waals surface area contributed by atoms with Gasteiger partial charge in [0.05, 0.1) is 19.0 Å². The Hall–Kier alpha value is -1.93. The maximum atomic E-state index is 10.2. The van der Waals surface area contributed by atoms with Crippen molar-refractivity contribution in [2.45, 2.75) is 25.0 Å². The number of nitrogens with zero attached hydrogens (tertiary/aromatic N) is 4. The molecular weight excluding hydrogens is 260 g/mol. The van der Waals surface area contributed by atoms with Crippen molar-refractivity contribution < 1.29 is 10.2 Å². The van der Waals surface area contributed by atoms with Crippen LogP contribution in [0.5, 0.6) is 0 Å². The Morgan fingerprint density at radius 2 is 2.20 bits per heavy atom. The van der Waals surface area contributed by atoms with Gasteiger partial charge in [0.15, 0.2) is 11.5 Å². The number of fused-ring (bicyclic) bond motifs is 2. The van der Waals surface area contributed by atoms with Gasteiger partial charge in [0, 0.05) is 11.5 Å². The summed E-state index contributed by atoms with van der Waals surface area (Å²) in [7, 11) is 0. The van der Waals surface area contributed by atoms with Gasteiger partial charge in [0.1, 0.15) is 5.52 Å². The molecule has 2 aliphatic carbocycles. The Kier molecular flexibility index (Phi) is 2.13. The van der Waals surface area contributed by atoms with Crippen molar-refractivity contribution in [1.82, 2.24) is 19.5 Å². The molecule has 6 N–H and O–H groups in total. The van der Waals surface area contributed by atoms with Crippen molar-refractivity contribution in [3.05, 3.63) is 6.33 Å². The fourth-order valence-corrected chi connectivity index (χ4v) is 3.67. The van der Waals surface area contributed by atoms with Crippen LogP contribution >= 0.6 is 0 Å². The van der Waals surface area contributed by atoms with Gasteiger partial charge in [-0.05, 0) is 18.8 Å². The lowest BCUT2D eigenvalue weighted by atomic mass is 10.0. The molecule has 20 heavy (non-hydrogen) atoms. The van der Waals surface area contributed by atoms with Crippen molar-refractivity contribution in [3.63, 3.8) is 0 Å². The topological polar surface area (TPSA) is 136 Å². The SMILES string of the molecule is Nc1nc(N)c2ncn(C3CC(O)C4(CO)CC34)c2n1. The smallest absolute Gasteiger partial charge is 0.224 e. The normalized spacial score (nSPS) is 35.4. The van der Waals surface area contributed by atoms with Crippen molar-refractivity contribution in [1.29, 1.82) is 0 Å². The standard InChI is InChI=1S/C12H16N6O2/c13-9-8-10(17-11(14)16-9)18(4-15-8)6-1-7(20)12(3-19)2-5(6)12/h4-7,19-20H,1-3H2,(H4,13,14,16,17). The van der Waals surface area contributed by atoms with E-state index in [1.165, 1.54) is 0 Å². The van der Waals surface area contributed by atoms with Crippen LogP contribution < -0.4 is 11.5 Å². The molecule has 2 aliphatic rings. The third-order valence-corrected chi connectivity index (χ3v) is 4.89. The van der Waals surface area contributed by atoms with Crippen molar-refractivity contribution in [2.24, 2.45) is 11.3 Å². The van der Waals surface area contributed by atoms with Crippen molar-refractivity contribution in [2.75, 3.05) is 18.1 Å². The zero-order chi connectivity index (χ0) is 14.1. The number of hydrogen-bond donors (Lipinski definition) is 4. The van der Waals surface area contributed by atoms with Gasteiger partial charge in [-0.25, -0.2) is 4.98 Å². The quantitative estimate of drug-likeness (QED) is 0.569. The minimum absolute atomic E-state index is 0.0151. The van der Waals surface area contributed by atoms with Crippen LogP contribution in [-0.2, 0) is 0 Å². The number of hydrogen-bond acceptors (Lipinski definition) is 7. The molecule has 4 atom stereocenters. The Morgan fingerprint density at radius 1 is 1.40 bits per heavy atom. The zero-order valence-corrected chi connectivity index (χ0v) is 10.8. The lowest BCUT2D eigenvalue weighted by molar-refractivity contribution is 0.0600. The number of imidazole rings is 1. The third-order valence-electron chi connectivity index (χ3n) is 4.89. The monoisotopic (exact) mass is 276 g/mol. The number of rotatable bonds is 2. The summed E-state index contributed by atoms with van der Waals surface area (Å²) in [6.45, 7) is 0.0151. The molecule has 0 radical (unpaired) electrons. The number of nitrogen functional groups attached to an aromatic ring is 2. The molecule has 8 nitrogen and oxygen atoms in total. The highest BCUT2D eigenvalue weighted by Gasteiger charge is 2.67. The van der Waals surface area contributed by atoms with Crippen LogP contribution in [0.4, 0.5) is 11.8 Å². The second-order valence-electron chi connectivity index (χ2n) is 5.81. The Labute approximate surface area is 114 Å². The van der Waals surface area contributed by atoms with Crippen LogP contribution in [-0.4, -0.2) is 42.4 Å². The van der Waals surface area contributed by atoms with Crippen LogP contribution in [0.1, 0.15) is 18.9 Å². The molecule has 2 fully saturated rings. The largest absolute Gasteiger partial charge is 0.396 e. The van der Waals surface area contributed by atoms with Gasteiger partial charge in [0.2, 0.25) is 5.95 Å². The summed E-state index contributed by atoms with van der Waals surface area (Å²) >= 11 is 0. The molecule has 4 rings (SSSR count). The van der Waals surface area contributed by atoms with Gasteiger partial charge < -0.3 is 26.2 Å².